The van der Waals surface area contributed by atoms with Crippen molar-refractivity contribution in [2.45, 2.75) is 10.6 Å². The van der Waals surface area contributed by atoms with E-state index in [4.69, 9.17) is 16.9 Å². The van der Waals surface area contributed by atoms with Gasteiger partial charge < -0.3 is 0 Å². The van der Waals surface area contributed by atoms with E-state index in [1.165, 1.54) is 0 Å². The van der Waals surface area contributed by atoms with E-state index < -0.39 is 10.8 Å². The highest BCUT2D eigenvalue weighted by Gasteiger charge is 2.05. The van der Waals surface area contributed by atoms with Gasteiger partial charge in [0.25, 0.3) is 0 Å². The van der Waals surface area contributed by atoms with Gasteiger partial charge in [-0.25, -0.2) is 0 Å². The second kappa shape index (κ2) is 5.81. The Labute approximate surface area is 113 Å². The smallest absolute Gasteiger partial charge is 0.0991 e. The summed E-state index contributed by atoms with van der Waals surface area (Å²) in [5.41, 5.74) is 1.55. The fourth-order valence-electron chi connectivity index (χ4n) is 1.50. The SMILES string of the molecule is N#Cc1ccc(CS(=O)c2ccc(Cl)cc2)cc1. The first kappa shape index (κ1) is 12.8. The van der Waals surface area contributed by atoms with Crippen molar-refractivity contribution in [1.82, 2.24) is 0 Å². The average molecular weight is 276 g/mol. The zero-order valence-electron chi connectivity index (χ0n) is 9.47. The predicted molar refractivity (Wildman–Crippen MR) is 72.7 cm³/mol. The van der Waals surface area contributed by atoms with Gasteiger partial charge in [0.05, 0.1) is 28.2 Å². The summed E-state index contributed by atoms with van der Waals surface area (Å²) in [6.45, 7) is 0. The van der Waals surface area contributed by atoms with Crippen LogP contribution in [-0.4, -0.2) is 4.21 Å². The van der Waals surface area contributed by atoms with Crippen LogP contribution in [-0.2, 0) is 16.6 Å². The normalized spacial score (nSPS) is 11.8. The minimum atomic E-state index is -1.09. The van der Waals surface area contributed by atoms with Crippen molar-refractivity contribution in [3.63, 3.8) is 0 Å². The molecule has 2 aromatic rings. The zero-order valence-corrected chi connectivity index (χ0v) is 11.0. The highest BCUT2D eigenvalue weighted by atomic mass is 35.5. The van der Waals surface area contributed by atoms with Gasteiger partial charge >= 0.3 is 0 Å². The Morgan fingerprint density at radius 2 is 1.67 bits per heavy atom. The van der Waals surface area contributed by atoms with E-state index in [-0.39, 0.29) is 0 Å². The van der Waals surface area contributed by atoms with Crippen LogP contribution in [0.15, 0.2) is 53.4 Å². The molecule has 0 saturated carbocycles. The molecular formula is C14H10ClNOS. The average Bonchev–Trinajstić information content (AvgIpc) is 2.40. The van der Waals surface area contributed by atoms with Gasteiger partial charge in [-0.1, -0.05) is 23.7 Å². The fourth-order valence-corrected chi connectivity index (χ4v) is 2.72. The number of rotatable bonds is 3. The fraction of sp³-hybridized carbons (Fsp3) is 0.0714. The molecule has 0 aliphatic carbocycles. The van der Waals surface area contributed by atoms with Crippen molar-refractivity contribution < 1.29 is 4.21 Å². The van der Waals surface area contributed by atoms with E-state index in [1.54, 1.807) is 36.4 Å². The number of hydrogen-bond acceptors (Lipinski definition) is 2. The van der Waals surface area contributed by atoms with E-state index in [1.807, 2.05) is 12.1 Å². The predicted octanol–water partition coefficient (Wildman–Crippen LogP) is 3.52. The summed E-state index contributed by atoms with van der Waals surface area (Å²) in [6, 6.07) is 16.2. The molecule has 2 aromatic carbocycles. The number of halogens is 1. The van der Waals surface area contributed by atoms with Crippen molar-refractivity contribution in [2.75, 3.05) is 0 Å². The number of benzene rings is 2. The molecule has 18 heavy (non-hydrogen) atoms. The van der Waals surface area contributed by atoms with Crippen molar-refractivity contribution >= 4 is 22.4 Å². The highest BCUT2D eigenvalue weighted by Crippen LogP contribution is 2.16. The lowest BCUT2D eigenvalue weighted by molar-refractivity contribution is 0.682. The van der Waals surface area contributed by atoms with Crippen LogP contribution in [0.5, 0.6) is 0 Å². The van der Waals surface area contributed by atoms with Crippen LogP contribution in [0.3, 0.4) is 0 Å². The standard InChI is InChI=1S/C14H10ClNOS/c15-13-5-7-14(8-6-13)18(17)10-12-3-1-11(9-16)2-4-12/h1-8H,10H2. The first-order chi connectivity index (χ1) is 8.69. The minimum Gasteiger partial charge on any atom is -0.254 e. The molecule has 0 heterocycles. The van der Waals surface area contributed by atoms with Gasteiger partial charge in [0.2, 0.25) is 0 Å². The summed E-state index contributed by atoms with van der Waals surface area (Å²) in [5.74, 6) is 0.438. The van der Waals surface area contributed by atoms with Crippen LogP contribution in [0.25, 0.3) is 0 Å². The van der Waals surface area contributed by atoms with E-state index in [9.17, 15) is 4.21 Å². The molecule has 0 aromatic heterocycles. The lowest BCUT2D eigenvalue weighted by Crippen LogP contribution is -1.96. The molecule has 4 heteroatoms. The highest BCUT2D eigenvalue weighted by molar-refractivity contribution is 7.84. The van der Waals surface area contributed by atoms with Crippen LogP contribution in [0.1, 0.15) is 11.1 Å². The van der Waals surface area contributed by atoms with Gasteiger partial charge in [-0.05, 0) is 42.0 Å². The minimum absolute atomic E-state index is 0.438. The molecule has 0 fully saturated rings. The van der Waals surface area contributed by atoms with Crippen LogP contribution >= 0.6 is 11.6 Å². The Hall–Kier alpha value is -1.63. The molecule has 0 radical (unpaired) electrons. The molecule has 0 spiro atoms. The molecule has 90 valence electrons. The summed E-state index contributed by atoms with van der Waals surface area (Å²) >= 11 is 5.78. The Morgan fingerprint density at radius 1 is 1.06 bits per heavy atom. The maximum absolute atomic E-state index is 12.1. The summed E-state index contributed by atoms with van der Waals surface area (Å²) in [4.78, 5) is 0.753. The molecule has 0 bridgehead atoms. The van der Waals surface area contributed by atoms with Crippen LogP contribution in [0.2, 0.25) is 5.02 Å². The quantitative estimate of drug-likeness (QED) is 0.860. The molecule has 0 saturated heterocycles. The van der Waals surface area contributed by atoms with Gasteiger partial charge in [-0.3, -0.25) is 4.21 Å². The Bertz CT molecular complexity index is 599. The largest absolute Gasteiger partial charge is 0.254 e. The lowest BCUT2D eigenvalue weighted by Gasteiger charge is -2.03. The lowest BCUT2D eigenvalue weighted by atomic mass is 10.2. The molecular weight excluding hydrogens is 266 g/mol. The molecule has 0 N–H and O–H groups in total. The molecule has 1 atom stereocenters. The summed E-state index contributed by atoms with van der Waals surface area (Å²) < 4.78 is 12.1. The summed E-state index contributed by atoms with van der Waals surface area (Å²) in [6.07, 6.45) is 0. The van der Waals surface area contributed by atoms with Crippen LogP contribution in [0, 0.1) is 11.3 Å². The van der Waals surface area contributed by atoms with E-state index in [0.717, 1.165) is 10.5 Å². The third-order valence-corrected chi connectivity index (χ3v) is 4.10. The number of nitriles is 1. The topological polar surface area (TPSA) is 40.9 Å². The van der Waals surface area contributed by atoms with Crippen LogP contribution < -0.4 is 0 Å². The number of nitrogens with zero attached hydrogens (tertiary/aromatic N) is 1. The first-order valence-electron chi connectivity index (χ1n) is 5.32. The third kappa shape index (κ3) is 3.19. The van der Waals surface area contributed by atoms with E-state index in [2.05, 4.69) is 6.07 Å². The Balaban J connectivity index is 2.11. The second-order valence-corrected chi connectivity index (χ2v) is 5.64. The van der Waals surface area contributed by atoms with Crippen molar-refractivity contribution in [3.05, 3.63) is 64.7 Å². The molecule has 2 rings (SSSR count). The van der Waals surface area contributed by atoms with Crippen molar-refractivity contribution in [1.29, 1.82) is 5.26 Å². The first-order valence-corrected chi connectivity index (χ1v) is 7.02. The van der Waals surface area contributed by atoms with Crippen molar-refractivity contribution in [2.24, 2.45) is 0 Å². The summed E-state index contributed by atoms with van der Waals surface area (Å²) in [7, 11) is -1.09. The van der Waals surface area contributed by atoms with E-state index >= 15 is 0 Å². The van der Waals surface area contributed by atoms with Gasteiger partial charge in [-0.15, -0.1) is 0 Å². The van der Waals surface area contributed by atoms with E-state index in [0.29, 0.717) is 16.3 Å². The Morgan fingerprint density at radius 3 is 2.22 bits per heavy atom. The van der Waals surface area contributed by atoms with Gasteiger partial charge in [0.15, 0.2) is 0 Å². The molecule has 1 unspecified atom stereocenters. The summed E-state index contributed by atoms with van der Waals surface area (Å²) in [5, 5.41) is 9.33. The zero-order chi connectivity index (χ0) is 13.0. The third-order valence-electron chi connectivity index (χ3n) is 2.46. The van der Waals surface area contributed by atoms with Crippen LogP contribution in [0.4, 0.5) is 0 Å². The maximum Gasteiger partial charge on any atom is 0.0991 e. The second-order valence-electron chi connectivity index (χ2n) is 3.75. The molecule has 0 amide bonds. The Kier molecular flexibility index (Phi) is 4.14. The van der Waals surface area contributed by atoms with Crippen molar-refractivity contribution in [3.8, 4) is 6.07 Å². The number of hydrogen-bond donors (Lipinski definition) is 0. The van der Waals surface area contributed by atoms with Gasteiger partial charge in [0.1, 0.15) is 0 Å². The molecule has 2 nitrogen and oxygen atoms in total. The monoisotopic (exact) mass is 275 g/mol. The van der Waals surface area contributed by atoms with Gasteiger partial charge in [0, 0.05) is 9.92 Å². The molecule has 0 aliphatic heterocycles. The van der Waals surface area contributed by atoms with Gasteiger partial charge in [-0.2, -0.15) is 5.26 Å². The molecule has 0 aliphatic rings. The maximum atomic E-state index is 12.1.